The summed E-state index contributed by atoms with van der Waals surface area (Å²) in [6.45, 7) is 4.59. The maximum absolute atomic E-state index is 15.9. The zero-order valence-corrected chi connectivity index (χ0v) is 22.3. The molecule has 1 saturated heterocycles. The number of nitrogen functional groups attached to an aromatic ring is 1. The fraction of sp³-hybridized carbons (Fsp3) is 0.500. The Bertz CT molecular complexity index is 1220. The molecule has 1 aromatic carbocycles. The van der Waals surface area contributed by atoms with Crippen molar-refractivity contribution < 1.29 is 42.5 Å². The number of aliphatic hydroxyl groups excluding tert-OH is 1. The number of carbonyl (C=O) groups is 1. The number of aliphatic hydroxyl groups is 2. The van der Waals surface area contributed by atoms with Gasteiger partial charge < -0.3 is 29.9 Å². The van der Waals surface area contributed by atoms with Gasteiger partial charge in [0.2, 0.25) is 4.77 Å². The van der Waals surface area contributed by atoms with E-state index in [1.165, 1.54) is 31.3 Å². The summed E-state index contributed by atoms with van der Waals surface area (Å²) in [6.07, 6.45) is -2.86. The van der Waals surface area contributed by atoms with E-state index in [0.717, 1.165) is 11.5 Å². The number of carbonyl (C=O) groups excluding carboxylic acids is 1. The van der Waals surface area contributed by atoms with E-state index in [4.69, 9.17) is 36.5 Å². The Morgan fingerprint density at radius 3 is 2.59 bits per heavy atom. The van der Waals surface area contributed by atoms with Gasteiger partial charge in [0.15, 0.2) is 6.23 Å². The number of hydrogen-bond acceptors (Lipinski definition) is 11. The molecular weight excluding hydrogens is 530 g/mol. The number of esters is 1. The molecule has 37 heavy (non-hydrogen) atoms. The van der Waals surface area contributed by atoms with Crippen LogP contribution in [0.15, 0.2) is 42.6 Å². The van der Waals surface area contributed by atoms with E-state index in [0.29, 0.717) is 0 Å². The van der Waals surface area contributed by atoms with Gasteiger partial charge in [0.1, 0.15) is 35.9 Å². The number of hydrogen-bond donors (Lipinski definition) is 4. The molecule has 15 heteroatoms. The molecular formula is C22H30FN4O8PS. The van der Waals surface area contributed by atoms with Gasteiger partial charge in [0.05, 0.1) is 6.10 Å². The standard InChI is InChI=1S/C22H30FN4O8PS/c1-13(2)33-17(28)14(3)26-36(31,35-15-8-6-5-7-9-15)32-12-22(23)18(29)21(4,30)19(34-22)27-11-10-16(24)25-20(27)37/h5-11,13-14,18-19,29-30H,12H2,1-4H3,(H,26,31)(H2,24,25,37)/t14-,18+,19+,21?,22+,36?/m0/s1. The molecule has 0 amide bonds. The van der Waals surface area contributed by atoms with Gasteiger partial charge in [-0.15, -0.1) is 0 Å². The molecule has 2 aromatic rings. The Morgan fingerprint density at radius 2 is 2.00 bits per heavy atom. The second-order valence-electron chi connectivity index (χ2n) is 8.94. The molecule has 1 aliphatic rings. The molecule has 12 nitrogen and oxygen atoms in total. The Labute approximate surface area is 218 Å². The van der Waals surface area contributed by atoms with E-state index in [-0.39, 0.29) is 16.3 Å². The first-order chi connectivity index (χ1) is 17.2. The van der Waals surface area contributed by atoms with Gasteiger partial charge in [-0.05, 0) is 58.1 Å². The highest BCUT2D eigenvalue weighted by molar-refractivity contribution is 7.71. The van der Waals surface area contributed by atoms with Gasteiger partial charge in [0, 0.05) is 6.20 Å². The van der Waals surface area contributed by atoms with Gasteiger partial charge in [-0.3, -0.25) is 13.9 Å². The van der Waals surface area contributed by atoms with E-state index in [1.54, 1.807) is 32.0 Å². The molecule has 0 saturated carbocycles. The number of benzene rings is 1. The van der Waals surface area contributed by atoms with Crippen molar-refractivity contribution in [3.05, 3.63) is 47.4 Å². The monoisotopic (exact) mass is 560 g/mol. The first-order valence-electron chi connectivity index (χ1n) is 11.3. The lowest BCUT2D eigenvalue weighted by atomic mass is 9.95. The zero-order chi connectivity index (χ0) is 27.6. The van der Waals surface area contributed by atoms with Gasteiger partial charge in [-0.2, -0.15) is 5.09 Å². The molecule has 204 valence electrons. The maximum Gasteiger partial charge on any atom is 0.459 e. The molecule has 1 aromatic heterocycles. The summed E-state index contributed by atoms with van der Waals surface area (Å²) >= 11 is 5.12. The van der Waals surface area contributed by atoms with Gasteiger partial charge in [-0.25, -0.2) is 13.9 Å². The van der Waals surface area contributed by atoms with Crippen molar-refractivity contribution in [1.82, 2.24) is 14.6 Å². The largest absolute Gasteiger partial charge is 0.462 e. The number of nitrogens with one attached hydrogen (secondary N) is 1. The van der Waals surface area contributed by atoms with Crippen molar-refractivity contribution in [1.29, 1.82) is 0 Å². The van der Waals surface area contributed by atoms with Crippen molar-refractivity contribution in [3.8, 4) is 5.75 Å². The third-order valence-corrected chi connectivity index (χ3v) is 7.26. The molecule has 2 heterocycles. The Kier molecular flexibility index (Phi) is 8.75. The van der Waals surface area contributed by atoms with Crippen LogP contribution in [0.1, 0.15) is 33.9 Å². The highest BCUT2D eigenvalue weighted by atomic mass is 32.1. The second kappa shape index (κ2) is 11.1. The molecule has 0 spiro atoms. The van der Waals surface area contributed by atoms with Crippen LogP contribution in [-0.2, 0) is 23.4 Å². The van der Waals surface area contributed by atoms with Crippen LogP contribution < -0.4 is 15.3 Å². The van der Waals surface area contributed by atoms with E-state index in [9.17, 15) is 19.6 Å². The summed E-state index contributed by atoms with van der Waals surface area (Å²) in [7, 11) is -4.49. The number of alkyl halides is 1. The average molecular weight is 561 g/mol. The summed E-state index contributed by atoms with van der Waals surface area (Å²) in [6, 6.07) is 7.99. The highest BCUT2D eigenvalue weighted by Crippen LogP contribution is 2.50. The molecule has 1 aliphatic heterocycles. The van der Waals surface area contributed by atoms with Crippen molar-refractivity contribution in [2.75, 3.05) is 12.3 Å². The van der Waals surface area contributed by atoms with E-state index < -0.39 is 56.3 Å². The summed E-state index contributed by atoms with van der Waals surface area (Å²) in [5.74, 6) is -3.66. The summed E-state index contributed by atoms with van der Waals surface area (Å²) in [5, 5.41) is 24.0. The van der Waals surface area contributed by atoms with E-state index >= 15 is 4.39 Å². The van der Waals surface area contributed by atoms with Crippen molar-refractivity contribution >= 4 is 31.8 Å². The smallest absolute Gasteiger partial charge is 0.459 e. The van der Waals surface area contributed by atoms with Crippen molar-refractivity contribution in [2.45, 2.75) is 63.6 Å². The Balaban J connectivity index is 1.85. The molecule has 3 rings (SSSR count). The number of ether oxygens (including phenoxy) is 2. The first-order valence-corrected chi connectivity index (χ1v) is 13.2. The van der Waals surface area contributed by atoms with Crippen LogP contribution in [-0.4, -0.2) is 62.0 Å². The minimum atomic E-state index is -4.49. The molecule has 0 bridgehead atoms. The zero-order valence-electron chi connectivity index (χ0n) is 20.6. The van der Waals surface area contributed by atoms with Gasteiger partial charge in [-0.1, -0.05) is 18.2 Å². The van der Waals surface area contributed by atoms with E-state index in [2.05, 4.69) is 10.1 Å². The van der Waals surface area contributed by atoms with Gasteiger partial charge >= 0.3 is 13.7 Å². The normalized spacial score (nSPS) is 28.0. The fourth-order valence-electron chi connectivity index (χ4n) is 3.50. The van der Waals surface area contributed by atoms with Crippen LogP contribution in [0.5, 0.6) is 5.75 Å². The van der Waals surface area contributed by atoms with Crippen LogP contribution in [0.3, 0.4) is 0 Å². The molecule has 0 radical (unpaired) electrons. The fourth-order valence-corrected chi connectivity index (χ4v) is 5.27. The van der Waals surface area contributed by atoms with Crippen LogP contribution >= 0.6 is 20.0 Å². The predicted molar refractivity (Wildman–Crippen MR) is 133 cm³/mol. The van der Waals surface area contributed by atoms with Gasteiger partial charge in [0.25, 0.3) is 5.85 Å². The average Bonchev–Trinajstić information content (AvgIpc) is 2.98. The summed E-state index contributed by atoms with van der Waals surface area (Å²) < 4.78 is 51.8. The number of halogens is 1. The molecule has 5 N–H and O–H groups in total. The lowest BCUT2D eigenvalue weighted by molar-refractivity contribution is -0.203. The molecule has 6 atom stereocenters. The predicted octanol–water partition coefficient (Wildman–Crippen LogP) is 2.63. The highest BCUT2D eigenvalue weighted by Gasteiger charge is 2.63. The second-order valence-corrected chi connectivity index (χ2v) is 11.0. The van der Waals surface area contributed by atoms with Crippen molar-refractivity contribution in [3.63, 3.8) is 0 Å². The Hall–Kier alpha value is -2.45. The molecule has 0 aliphatic carbocycles. The first kappa shape index (κ1) is 29.1. The van der Waals surface area contributed by atoms with E-state index in [1.807, 2.05) is 0 Å². The maximum atomic E-state index is 15.9. The minimum Gasteiger partial charge on any atom is -0.462 e. The minimum absolute atomic E-state index is 0.0875. The number of aromatic nitrogens is 2. The topological polar surface area (TPSA) is 167 Å². The summed E-state index contributed by atoms with van der Waals surface area (Å²) in [4.78, 5) is 16.2. The lowest BCUT2D eigenvalue weighted by Gasteiger charge is -2.29. The SMILES string of the molecule is CC(C)OC(=O)[C@H](C)NP(=O)(OC[C@@]1(F)O[C@@H](n2ccc(N)nc2=S)C(C)(O)[C@H]1O)Oc1ccccc1. The third kappa shape index (κ3) is 6.71. The summed E-state index contributed by atoms with van der Waals surface area (Å²) in [5.41, 5.74) is 3.38. The lowest BCUT2D eigenvalue weighted by Crippen LogP contribution is -2.49. The van der Waals surface area contributed by atoms with Crippen LogP contribution in [0.25, 0.3) is 0 Å². The number of para-hydroxylation sites is 1. The number of rotatable bonds is 10. The number of nitrogens with two attached hydrogens (primary N) is 1. The number of nitrogens with zero attached hydrogens (tertiary/aromatic N) is 2. The van der Waals surface area contributed by atoms with Crippen LogP contribution in [0.2, 0.25) is 0 Å². The molecule has 2 unspecified atom stereocenters. The number of anilines is 1. The molecule has 1 fully saturated rings. The van der Waals surface area contributed by atoms with Crippen molar-refractivity contribution in [2.24, 2.45) is 0 Å². The Morgan fingerprint density at radius 1 is 1.35 bits per heavy atom. The van der Waals surface area contributed by atoms with Crippen LogP contribution in [0, 0.1) is 4.77 Å². The van der Waals surface area contributed by atoms with Crippen LogP contribution in [0.4, 0.5) is 10.2 Å². The third-order valence-electron chi connectivity index (χ3n) is 5.33. The quantitative estimate of drug-likeness (QED) is 0.191.